The van der Waals surface area contributed by atoms with Crippen LogP contribution in [0.4, 0.5) is 0 Å². The summed E-state index contributed by atoms with van der Waals surface area (Å²) in [6.07, 6.45) is 9.81. The van der Waals surface area contributed by atoms with Crippen molar-refractivity contribution in [1.29, 1.82) is 0 Å². The maximum Gasteiger partial charge on any atom is 0.234 e. The summed E-state index contributed by atoms with van der Waals surface area (Å²) in [5.74, 6) is -0.316. The van der Waals surface area contributed by atoms with Crippen LogP contribution in [0.5, 0.6) is 0 Å². The molecule has 10 heteroatoms. The molecular weight excluding hydrogens is 360 g/mol. The highest BCUT2D eigenvalue weighted by Gasteiger charge is 2.11. The van der Waals surface area contributed by atoms with E-state index in [9.17, 15) is 4.79 Å². The van der Waals surface area contributed by atoms with Crippen molar-refractivity contribution in [3.8, 4) is 0 Å². The van der Waals surface area contributed by atoms with Gasteiger partial charge in [-0.05, 0) is 32.7 Å². The summed E-state index contributed by atoms with van der Waals surface area (Å²) in [4.78, 5) is 11.2. The topological polar surface area (TPSA) is 126 Å². The number of rotatable bonds is 15. The highest BCUT2D eigenvalue weighted by molar-refractivity contribution is 5.79. The Hall–Kier alpha value is -2.33. The molecule has 0 bridgehead atoms. The van der Waals surface area contributed by atoms with Crippen molar-refractivity contribution in [1.82, 2.24) is 35.3 Å². The van der Waals surface area contributed by atoms with E-state index in [1.807, 2.05) is 17.1 Å². The van der Waals surface area contributed by atoms with E-state index in [1.165, 1.54) is 12.8 Å². The zero-order valence-electron chi connectivity index (χ0n) is 16.9. The van der Waals surface area contributed by atoms with Crippen molar-refractivity contribution in [3.05, 3.63) is 23.8 Å². The van der Waals surface area contributed by atoms with E-state index in [4.69, 9.17) is 10.5 Å². The lowest BCUT2D eigenvalue weighted by Gasteiger charge is -2.11. The minimum atomic E-state index is -0.316. The number of carbonyl (C=O) groups is 1. The van der Waals surface area contributed by atoms with Crippen LogP contribution in [0.25, 0.3) is 0 Å². The van der Waals surface area contributed by atoms with Crippen molar-refractivity contribution < 1.29 is 9.53 Å². The molecule has 0 unspecified atom stereocenters. The maximum atomic E-state index is 11.2. The Morgan fingerprint density at radius 3 is 2.14 bits per heavy atom. The minimum Gasteiger partial charge on any atom is -0.369 e. The molecule has 2 rings (SSSR count). The molecule has 1 amide bonds. The fourth-order valence-corrected chi connectivity index (χ4v) is 2.86. The first-order valence-corrected chi connectivity index (χ1v) is 9.94. The predicted molar refractivity (Wildman–Crippen MR) is 104 cm³/mol. The van der Waals surface area contributed by atoms with Gasteiger partial charge in [0.25, 0.3) is 0 Å². The maximum absolute atomic E-state index is 11.2. The second-order valence-electron chi connectivity index (χ2n) is 6.89. The zero-order chi connectivity index (χ0) is 20.2. The Kier molecular flexibility index (Phi) is 9.56. The Morgan fingerprint density at radius 1 is 1.07 bits per heavy atom. The van der Waals surface area contributed by atoms with E-state index in [0.29, 0.717) is 13.2 Å². The average molecular weight is 393 g/mol. The number of hydrogen-bond acceptors (Lipinski definition) is 7. The van der Waals surface area contributed by atoms with Gasteiger partial charge in [0.2, 0.25) is 5.91 Å². The molecule has 0 aliphatic heterocycles. The molecule has 1 atom stereocenters. The molecule has 0 radical (unpaired) electrons. The van der Waals surface area contributed by atoms with E-state index in [0.717, 1.165) is 50.2 Å². The molecule has 3 N–H and O–H groups in total. The van der Waals surface area contributed by atoms with Crippen LogP contribution in [-0.4, -0.2) is 49.0 Å². The number of aryl methyl sites for hydroxylation is 2. The van der Waals surface area contributed by atoms with Gasteiger partial charge >= 0.3 is 0 Å². The van der Waals surface area contributed by atoms with Crippen molar-refractivity contribution in [2.24, 2.45) is 5.73 Å². The van der Waals surface area contributed by atoms with E-state index in [1.54, 1.807) is 11.7 Å². The highest BCUT2D eigenvalue weighted by atomic mass is 16.5. The second kappa shape index (κ2) is 12.2. The van der Waals surface area contributed by atoms with Gasteiger partial charge in [0.1, 0.15) is 11.4 Å². The van der Waals surface area contributed by atoms with Crippen molar-refractivity contribution in [2.75, 3.05) is 7.05 Å². The number of carbonyl (C=O) groups excluding carboxylic acids is 1. The number of nitrogens with zero attached hydrogens (tertiary/aromatic N) is 6. The van der Waals surface area contributed by atoms with Gasteiger partial charge in [0, 0.05) is 13.1 Å². The van der Waals surface area contributed by atoms with Gasteiger partial charge in [-0.3, -0.25) is 14.2 Å². The third-order valence-electron chi connectivity index (χ3n) is 4.48. The van der Waals surface area contributed by atoms with Crippen LogP contribution in [0.3, 0.4) is 0 Å². The van der Waals surface area contributed by atoms with Crippen LogP contribution in [-0.2, 0) is 35.8 Å². The summed E-state index contributed by atoms with van der Waals surface area (Å²) in [5, 5.41) is 19.4. The number of ether oxygens (including phenoxy) is 1. The quantitative estimate of drug-likeness (QED) is 0.433. The fourth-order valence-electron chi connectivity index (χ4n) is 2.86. The molecule has 0 aromatic carbocycles. The minimum absolute atomic E-state index is 0.274. The lowest BCUT2D eigenvalue weighted by molar-refractivity contribution is -0.120. The van der Waals surface area contributed by atoms with Crippen molar-refractivity contribution >= 4 is 5.91 Å². The predicted octanol–water partition coefficient (Wildman–Crippen LogP) is 1.02. The third kappa shape index (κ3) is 7.73. The number of nitrogens with two attached hydrogens (primary N) is 1. The number of likely N-dealkylation sites (N-methyl/N-ethyl adjacent to an activating group) is 1. The second-order valence-corrected chi connectivity index (χ2v) is 6.89. The van der Waals surface area contributed by atoms with Crippen LogP contribution >= 0.6 is 0 Å². The van der Waals surface area contributed by atoms with E-state index in [-0.39, 0.29) is 11.9 Å². The third-order valence-corrected chi connectivity index (χ3v) is 4.48. The molecule has 0 spiro atoms. The molecule has 10 nitrogen and oxygen atoms in total. The summed E-state index contributed by atoms with van der Waals surface area (Å²) in [7, 11) is 1.74. The van der Waals surface area contributed by atoms with Crippen molar-refractivity contribution in [3.63, 3.8) is 0 Å². The normalized spacial score (nSPS) is 12.4. The van der Waals surface area contributed by atoms with Gasteiger partial charge in [0.05, 0.1) is 31.6 Å². The van der Waals surface area contributed by atoms with Gasteiger partial charge < -0.3 is 15.8 Å². The molecule has 2 aromatic heterocycles. The molecule has 2 heterocycles. The monoisotopic (exact) mass is 392 g/mol. The first kappa shape index (κ1) is 22.0. The highest BCUT2D eigenvalue weighted by Crippen LogP contribution is 2.05. The molecule has 0 aliphatic rings. The molecule has 2 aromatic rings. The summed E-state index contributed by atoms with van der Waals surface area (Å²) in [6.45, 7) is 4.60. The number of aromatic nitrogens is 6. The van der Waals surface area contributed by atoms with Crippen LogP contribution in [0.2, 0.25) is 0 Å². The van der Waals surface area contributed by atoms with Crippen LogP contribution in [0, 0.1) is 0 Å². The molecule has 0 saturated heterocycles. The lowest BCUT2D eigenvalue weighted by atomic mass is 10.1. The Labute approximate surface area is 165 Å². The van der Waals surface area contributed by atoms with Gasteiger partial charge in [-0.25, -0.2) is 0 Å². The summed E-state index contributed by atoms with van der Waals surface area (Å²) < 4.78 is 9.32. The molecular formula is C18H32N8O2. The van der Waals surface area contributed by atoms with Crippen LogP contribution in [0.15, 0.2) is 12.4 Å². The largest absolute Gasteiger partial charge is 0.369 e. The number of hydrogen-bond donors (Lipinski definition) is 2. The smallest absolute Gasteiger partial charge is 0.234 e. The molecule has 0 fully saturated rings. The van der Waals surface area contributed by atoms with Crippen LogP contribution in [0.1, 0.15) is 56.8 Å². The van der Waals surface area contributed by atoms with Gasteiger partial charge in [-0.15, -0.1) is 10.2 Å². The number of amides is 1. The zero-order valence-corrected chi connectivity index (χ0v) is 16.9. The first-order chi connectivity index (χ1) is 13.6. The number of nitrogens with one attached hydrogen (secondary N) is 1. The first-order valence-electron chi connectivity index (χ1n) is 9.94. The Morgan fingerprint density at radius 2 is 1.64 bits per heavy atom. The van der Waals surface area contributed by atoms with E-state index >= 15 is 0 Å². The van der Waals surface area contributed by atoms with Gasteiger partial charge in [-0.1, -0.05) is 30.2 Å². The van der Waals surface area contributed by atoms with E-state index < -0.39 is 0 Å². The summed E-state index contributed by atoms with van der Waals surface area (Å²) in [6, 6.07) is -0.274. The Balaban J connectivity index is 1.63. The summed E-state index contributed by atoms with van der Waals surface area (Å²) in [5.41, 5.74) is 6.90. The van der Waals surface area contributed by atoms with Crippen molar-refractivity contribution in [2.45, 2.75) is 77.8 Å². The molecule has 0 aliphatic carbocycles. The Bertz CT molecular complexity index is 699. The average Bonchev–Trinajstić information content (AvgIpc) is 3.31. The van der Waals surface area contributed by atoms with Crippen LogP contribution < -0.4 is 11.1 Å². The van der Waals surface area contributed by atoms with Gasteiger partial charge in [-0.2, -0.15) is 0 Å². The van der Waals surface area contributed by atoms with E-state index in [2.05, 4.69) is 32.9 Å². The number of primary amides is 1. The number of unbranched alkanes of at least 4 members (excludes halogenated alkanes) is 3. The SMILES string of the molecule is CCCCCn1cc(COCc2cn(CCCC[C@H](NC)C(N)=O)nn2)nn1. The van der Waals surface area contributed by atoms with Gasteiger partial charge in [0.15, 0.2) is 0 Å². The standard InChI is InChI=1S/C18H32N8O2/c1-3-4-6-9-25-11-15(21-23-25)13-28-14-16-12-26(24-22-16)10-7-5-8-17(20-2)18(19)27/h11-12,17,20H,3-10,13-14H2,1-2H3,(H2,19,27)/t17-/m0/s1. The summed E-state index contributed by atoms with van der Waals surface area (Å²) >= 11 is 0. The molecule has 28 heavy (non-hydrogen) atoms. The lowest BCUT2D eigenvalue weighted by Crippen LogP contribution is -2.38. The molecule has 0 saturated carbocycles. The molecule has 156 valence electrons. The fraction of sp³-hybridized carbons (Fsp3) is 0.722.